The zero-order chi connectivity index (χ0) is 21.4. The third kappa shape index (κ3) is 3.61. The van der Waals surface area contributed by atoms with Crippen LogP contribution in [0.15, 0.2) is 95.3 Å². The van der Waals surface area contributed by atoms with E-state index in [0.717, 1.165) is 62.3 Å². The Bertz CT molecular complexity index is 1340. The fraction of sp³-hybridized carbons (Fsp3) is 0.143. The number of carbonyl (C=O) groups is 1. The Morgan fingerprint density at radius 1 is 0.968 bits per heavy atom. The maximum absolute atomic E-state index is 12.1. The molecule has 0 unspecified atom stereocenters. The molecular weight excluding hydrogens is 446 g/mol. The predicted molar refractivity (Wildman–Crippen MR) is 131 cm³/mol. The molecule has 0 N–H and O–H groups in total. The van der Waals surface area contributed by atoms with Gasteiger partial charge in [-0.05, 0) is 42.2 Å². The first kappa shape index (κ1) is 19.8. The quantitative estimate of drug-likeness (QED) is 0.228. The molecule has 31 heavy (non-hydrogen) atoms. The monoisotopic (exact) mass is 467 g/mol. The standard InChI is InChI=1S/C28H22BrNO/c1-30-18-25(24-16-22(29)12-13-27(24)30)23(20-8-4-2-5-9-20)17-26(28(19-31)14-15-28)21-10-6-3-7-11-21/h2-13,16,18-19H,14-15H2,1H3. The van der Waals surface area contributed by atoms with E-state index in [1.165, 1.54) is 0 Å². The van der Waals surface area contributed by atoms with Gasteiger partial charge in [0.25, 0.3) is 0 Å². The number of hydrogen-bond acceptors (Lipinski definition) is 1. The van der Waals surface area contributed by atoms with Crippen LogP contribution in [0.2, 0.25) is 0 Å². The van der Waals surface area contributed by atoms with Gasteiger partial charge in [0.1, 0.15) is 6.29 Å². The number of halogens is 1. The molecule has 3 aromatic carbocycles. The van der Waals surface area contributed by atoms with Gasteiger partial charge in [-0.25, -0.2) is 0 Å². The summed E-state index contributed by atoms with van der Waals surface area (Å²) in [7, 11) is 2.07. The first-order valence-electron chi connectivity index (χ1n) is 10.4. The van der Waals surface area contributed by atoms with Gasteiger partial charge in [0, 0.05) is 45.3 Å². The molecule has 1 saturated carbocycles. The molecule has 1 aliphatic carbocycles. The molecule has 3 heteroatoms. The van der Waals surface area contributed by atoms with E-state index in [1.54, 1.807) is 0 Å². The van der Waals surface area contributed by atoms with Crippen molar-refractivity contribution < 1.29 is 4.79 Å². The lowest BCUT2D eigenvalue weighted by atomic mass is 9.88. The van der Waals surface area contributed by atoms with Crippen LogP contribution in [0.1, 0.15) is 29.5 Å². The zero-order valence-electron chi connectivity index (χ0n) is 17.3. The van der Waals surface area contributed by atoms with Crippen LogP contribution >= 0.6 is 15.9 Å². The van der Waals surface area contributed by atoms with Crippen molar-refractivity contribution in [2.24, 2.45) is 12.5 Å². The van der Waals surface area contributed by atoms with E-state index in [-0.39, 0.29) is 0 Å². The summed E-state index contributed by atoms with van der Waals surface area (Å²) in [5.74, 6) is 0. The van der Waals surface area contributed by atoms with Gasteiger partial charge in [-0.15, -0.1) is 5.73 Å². The van der Waals surface area contributed by atoms with Gasteiger partial charge in [0.05, 0.1) is 5.41 Å². The van der Waals surface area contributed by atoms with Crippen molar-refractivity contribution in [2.45, 2.75) is 12.8 Å². The minimum Gasteiger partial charge on any atom is -0.350 e. The molecule has 0 bridgehead atoms. The molecule has 0 saturated heterocycles. The van der Waals surface area contributed by atoms with E-state index in [2.05, 4.69) is 81.9 Å². The molecular formula is C28H22BrNO. The summed E-state index contributed by atoms with van der Waals surface area (Å²) in [5, 5.41) is 1.16. The Morgan fingerprint density at radius 3 is 2.23 bits per heavy atom. The van der Waals surface area contributed by atoms with Crippen LogP contribution in [0.25, 0.3) is 22.0 Å². The highest BCUT2D eigenvalue weighted by Crippen LogP contribution is 2.54. The normalized spacial score (nSPS) is 14.1. The first-order valence-corrected chi connectivity index (χ1v) is 11.2. The largest absolute Gasteiger partial charge is 0.350 e. The van der Waals surface area contributed by atoms with Crippen LogP contribution in [0.5, 0.6) is 0 Å². The number of nitrogens with zero attached hydrogens (tertiary/aromatic N) is 1. The smallest absolute Gasteiger partial charge is 0.131 e. The predicted octanol–water partition coefficient (Wildman–Crippen LogP) is 7.03. The molecule has 1 aromatic heterocycles. The van der Waals surface area contributed by atoms with E-state index in [0.29, 0.717) is 0 Å². The molecule has 0 spiro atoms. The maximum Gasteiger partial charge on any atom is 0.131 e. The Morgan fingerprint density at radius 2 is 1.61 bits per heavy atom. The van der Waals surface area contributed by atoms with Gasteiger partial charge >= 0.3 is 0 Å². The van der Waals surface area contributed by atoms with E-state index in [1.807, 2.05) is 36.4 Å². The first-order chi connectivity index (χ1) is 15.1. The fourth-order valence-corrected chi connectivity index (χ4v) is 4.60. The third-order valence-electron chi connectivity index (χ3n) is 6.11. The number of aldehydes is 1. The maximum atomic E-state index is 12.1. The van der Waals surface area contributed by atoms with Crippen LogP contribution in [0.4, 0.5) is 0 Å². The summed E-state index contributed by atoms with van der Waals surface area (Å²) in [6, 6.07) is 26.9. The molecule has 0 amide bonds. The van der Waals surface area contributed by atoms with Crippen molar-refractivity contribution >= 4 is 44.3 Å². The molecule has 1 fully saturated rings. The molecule has 5 rings (SSSR count). The number of benzene rings is 3. The topological polar surface area (TPSA) is 22.0 Å². The Kier molecular flexibility index (Phi) is 5.02. The number of aryl methyl sites for hydroxylation is 1. The summed E-state index contributed by atoms with van der Waals surface area (Å²) in [6.45, 7) is 0. The summed E-state index contributed by atoms with van der Waals surface area (Å²) < 4.78 is 3.19. The van der Waals surface area contributed by atoms with Crippen molar-refractivity contribution in [2.75, 3.05) is 0 Å². The lowest BCUT2D eigenvalue weighted by Crippen LogP contribution is -2.05. The summed E-state index contributed by atoms with van der Waals surface area (Å²) in [5.41, 5.74) is 9.72. The molecule has 4 aromatic rings. The molecule has 1 heterocycles. The second kappa shape index (κ2) is 7.85. The average Bonchev–Trinajstić information content (AvgIpc) is 3.54. The minimum atomic E-state index is -0.438. The molecule has 152 valence electrons. The summed E-state index contributed by atoms with van der Waals surface area (Å²) >= 11 is 3.63. The van der Waals surface area contributed by atoms with Crippen molar-refractivity contribution in [3.63, 3.8) is 0 Å². The Labute approximate surface area is 190 Å². The number of rotatable bonds is 5. The van der Waals surface area contributed by atoms with Crippen LogP contribution in [0.3, 0.4) is 0 Å². The number of allylic oxidation sites excluding steroid dienone is 1. The lowest BCUT2D eigenvalue weighted by Gasteiger charge is -2.13. The number of carbonyl (C=O) groups excluding carboxylic acids is 1. The Balaban J connectivity index is 1.89. The van der Waals surface area contributed by atoms with Crippen molar-refractivity contribution in [1.29, 1.82) is 0 Å². The fourth-order valence-electron chi connectivity index (χ4n) is 4.24. The van der Waals surface area contributed by atoms with E-state index in [9.17, 15) is 4.79 Å². The van der Waals surface area contributed by atoms with Crippen LogP contribution < -0.4 is 0 Å². The second-order valence-corrected chi connectivity index (χ2v) is 9.11. The van der Waals surface area contributed by atoms with E-state index >= 15 is 0 Å². The van der Waals surface area contributed by atoms with Gasteiger partial charge in [-0.2, -0.15) is 0 Å². The van der Waals surface area contributed by atoms with E-state index < -0.39 is 5.41 Å². The lowest BCUT2D eigenvalue weighted by molar-refractivity contribution is -0.110. The van der Waals surface area contributed by atoms with Crippen molar-refractivity contribution in [3.05, 3.63) is 112 Å². The molecule has 0 aliphatic heterocycles. The van der Waals surface area contributed by atoms with Crippen LogP contribution in [-0.4, -0.2) is 10.9 Å². The number of aromatic nitrogens is 1. The average molecular weight is 468 g/mol. The van der Waals surface area contributed by atoms with Gasteiger partial charge in [0.15, 0.2) is 0 Å². The van der Waals surface area contributed by atoms with Crippen LogP contribution in [0, 0.1) is 5.41 Å². The summed E-state index contributed by atoms with van der Waals surface area (Å²) in [4.78, 5) is 12.1. The number of fused-ring (bicyclic) bond motifs is 1. The van der Waals surface area contributed by atoms with Gasteiger partial charge < -0.3 is 9.36 Å². The molecule has 1 aliphatic rings. The zero-order valence-corrected chi connectivity index (χ0v) is 18.9. The van der Waals surface area contributed by atoms with Gasteiger partial charge in [-0.3, -0.25) is 0 Å². The SMILES string of the molecule is Cn1cc(C(=C=C(c2ccccc2)C2(C=O)CC2)c2ccccc2)c2cc(Br)ccc21. The number of hydrogen-bond donors (Lipinski definition) is 0. The third-order valence-corrected chi connectivity index (χ3v) is 6.60. The van der Waals surface area contributed by atoms with Gasteiger partial charge in [0.2, 0.25) is 0 Å². The molecule has 0 radical (unpaired) electrons. The Hall–Kier alpha value is -3.13. The van der Waals surface area contributed by atoms with Crippen molar-refractivity contribution in [3.8, 4) is 0 Å². The highest BCUT2D eigenvalue weighted by Gasteiger charge is 2.46. The summed E-state index contributed by atoms with van der Waals surface area (Å²) in [6.07, 6.45) is 5.02. The minimum absolute atomic E-state index is 0.438. The molecule has 2 nitrogen and oxygen atoms in total. The highest BCUT2D eigenvalue weighted by atomic mass is 79.9. The second-order valence-electron chi connectivity index (χ2n) is 8.20. The van der Waals surface area contributed by atoms with Crippen molar-refractivity contribution in [1.82, 2.24) is 4.57 Å². The van der Waals surface area contributed by atoms with Gasteiger partial charge in [-0.1, -0.05) is 76.6 Å². The highest BCUT2D eigenvalue weighted by molar-refractivity contribution is 9.10. The molecule has 0 atom stereocenters. The van der Waals surface area contributed by atoms with E-state index in [4.69, 9.17) is 0 Å². The van der Waals surface area contributed by atoms with Crippen LogP contribution in [-0.2, 0) is 11.8 Å².